The molecule has 1 saturated heterocycles. The highest BCUT2D eigenvalue weighted by atomic mass is 32.2. The van der Waals surface area contributed by atoms with E-state index in [0.717, 1.165) is 71.0 Å². The quantitative estimate of drug-likeness (QED) is 0.0681. The van der Waals surface area contributed by atoms with E-state index in [1.54, 1.807) is 65.9 Å². The Morgan fingerprint density at radius 1 is 0.983 bits per heavy atom. The summed E-state index contributed by atoms with van der Waals surface area (Å²) in [7, 11) is -2.32. The van der Waals surface area contributed by atoms with Gasteiger partial charge in [-0.05, 0) is 105 Å². The van der Waals surface area contributed by atoms with Crippen molar-refractivity contribution >= 4 is 33.3 Å². The first-order valence-electron chi connectivity index (χ1n) is 21.2. The van der Waals surface area contributed by atoms with E-state index in [1.165, 1.54) is 29.3 Å². The lowest BCUT2D eigenvalue weighted by molar-refractivity contribution is -0.225. The fraction of sp³-hybridized carbons (Fsp3) is 0.600. The summed E-state index contributed by atoms with van der Waals surface area (Å²) < 4.78 is 51.1. The number of hydrogen-bond donors (Lipinski definition) is 3. The maximum absolute atomic E-state index is 14.3. The zero-order valence-electron chi connectivity index (χ0n) is 36.8. The molecule has 2 amide bonds. The molecule has 14 nitrogen and oxygen atoms in total. The molecule has 2 atom stereocenters. The number of sulfone groups is 1. The second-order valence-electron chi connectivity index (χ2n) is 17.6. The number of hydrogen-bond acceptors (Lipinski definition) is 12. The van der Waals surface area contributed by atoms with Crippen molar-refractivity contribution in [3.63, 3.8) is 0 Å². The van der Waals surface area contributed by atoms with Crippen molar-refractivity contribution in [3.05, 3.63) is 59.9 Å². The third-order valence-electron chi connectivity index (χ3n) is 10.4. The van der Waals surface area contributed by atoms with Crippen molar-refractivity contribution in [2.24, 2.45) is 0 Å². The number of anilines is 2. The summed E-state index contributed by atoms with van der Waals surface area (Å²) in [6.45, 7) is 15.1. The summed E-state index contributed by atoms with van der Waals surface area (Å²) in [6, 6.07) is 11.1. The van der Waals surface area contributed by atoms with Crippen molar-refractivity contribution < 1.29 is 42.1 Å². The minimum Gasteiger partial charge on any atom is -0.505 e. The molecule has 1 aromatic heterocycles. The van der Waals surface area contributed by atoms with Crippen LogP contribution in [0.3, 0.4) is 0 Å². The van der Waals surface area contributed by atoms with Crippen LogP contribution in [0.2, 0.25) is 0 Å². The fourth-order valence-electron chi connectivity index (χ4n) is 7.20. The molecule has 1 fully saturated rings. The normalized spacial score (nSPS) is 15.9. The molecule has 332 valence electrons. The molecule has 0 aliphatic carbocycles. The number of unbranched alkanes of at least 4 members (excludes halogenated alkanes) is 4. The summed E-state index contributed by atoms with van der Waals surface area (Å²) in [6.07, 6.45) is 10.3. The first kappa shape index (κ1) is 48.4. The van der Waals surface area contributed by atoms with E-state index in [-0.39, 0.29) is 52.8 Å². The van der Waals surface area contributed by atoms with Gasteiger partial charge in [0.25, 0.3) is 5.91 Å². The second-order valence-corrected chi connectivity index (χ2v) is 20.1. The van der Waals surface area contributed by atoms with Gasteiger partial charge in [0, 0.05) is 38.0 Å². The Morgan fingerprint density at radius 2 is 1.68 bits per heavy atom. The molecule has 15 heteroatoms. The number of aromatic hydroxyl groups is 1. The van der Waals surface area contributed by atoms with Crippen LogP contribution >= 0.6 is 0 Å². The van der Waals surface area contributed by atoms with Crippen LogP contribution in [0.4, 0.5) is 16.3 Å². The Balaban J connectivity index is 1.46. The monoisotopic (exact) mass is 853 g/mol. The van der Waals surface area contributed by atoms with E-state index < -0.39 is 37.8 Å². The van der Waals surface area contributed by atoms with Crippen LogP contribution in [-0.4, -0.2) is 89.5 Å². The van der Waals surface area contributed by atoms with Gasteiger partial charge in [0.1, 0.15) is 11.4 Å². The van der Waals surface area contributed by atoms with Gasteiger partial charge in [0.15, 0.2) is 27.6 Å². The fourth-order valence-corrected chi connectivity index (χ4v) is 8.83. The zero-order valence-corrected chi connectivity index (χ0v) is 37.7. The summed E-state index contributed by atoms with van der Waals surface area (Å²) in [5, 5.41) is 13.6. The molecular formula is C45H67N5O9S. The topological polar surface area (TPSA) is 192 Å². The predicted octanol–water partition coefficient (Wildman–Crippen LogP) is 9.06. The molecule has 1 aliphatic rings. The lowest BCUT2D eigenvalue weighted by Crippen LogP contribution is -2.45. The van der Waals surface area contributed by atoms with E-state index in [4.69, 9.17) is 24.7 Å². The molecule has 0 radical (unpaired) electrons. The van der Waals surface area contributed by atoms with Crippen molar-refractivity contribution in [1.29, 1.82) is 0 Å². The molecule has 60 heavy (non-hydrogen) atoms. The van der Waals surface area contributed by atoms with Crippen molar-refractivity contribution in [2.75, 3.05) is 37.9 Å². The number of carbonyl (C=O) groups is 2. The number of aromatic nitrogens is 2. The van der Waals surface area contributed by atoms with E-state index in [0.29, 0.717) is 24.2 Å². The molecule has 4 rings (SSSR count). The SMILES string of the molecule is CCCCOCCCCCCC(C)(CC(C)(C)S(=O)(=O)c1ccc(-c2cnc(N)c(C(=O)Nc3cccc(CN(C)C(=O)OC(C)(C)C)c3O)n2)cc1)OC1CCCCO1. The third kappa shape index (κ3) is 13.9. The molecule has 0 saturated carbocycles. The maximum Gasteiger partial charge on any atom is 0.410 e. The van der Waals surface area contributed by atoms with Gasteiger partial charge in [-0.2, -0.15) is 0 Å². The molecular weight excluding hydrogens is 787 g/mol. The van der Waals surface area contributed by atoms with Crippen LogP contribution in [0.1, 0.15) is 135 Å². The van der Waals surface area contributed by atoms with Gasteiger partial charge >= 0.3 is 6.09 Å². The first-order chi connectivity index (χ1) is 28.2. The molecule has 1 aliphatic heterocycles. The number of phenolic OH excluding ortho intramolecular Hbond substituents is 1. The number of benzene rings is 2. The third-order valence-corrected chi connectivity index (χ3v) is 12.9. The number of nitrogens with two attached hydrogens (primary N) is 1. The minimum atomic E-state index is -3.86. The Labute approximate surface area is 356 Å². The minimum absolute atomic E-state index is 0.0170. The van der Waals surface area contributed by atoms with Crippen molar-refractivity contribution in [1.82, 2.24) is 14.9 Å². The highest BCUT2D eigenvalue weighted by Crippen LogP contribution is 2.39. The van der Waals surface area contributed by atoms with Gasteiger partial charge < -0.3 is 40.0 Å². The number of carbonyl (C=O) groups excluding carboxylic acids is 2. The number of ether oxygens (including phenoxy) is 4. The zero-order chi connectivity index (χ0) is 44.1. The van der Waals surface area contributed by atoms with E-state index in [9.17, 15) is 23.1 Å². The average Bonchev–Trinajstić information content (AvgIpc) is 3.18. The number of phenols is 1. The van der Waals surface area contributed by atoms with Gasteiger partial charge in [0.2, 0.25) is 0 Å². The Bertz CT molecular complexity index is 1980. The van der Waals surface area contributed by atoms with E-state index in [2.05, 4.69) is 22.2 Å². The number of amides is 2. The summed E-state index contributed by atoms with van der Waals surface area (Å²) in [4.78, 5) is 36.1. The molecule has 0 spiro atoms. The summed E-state index contributed by atoms with van der Waals surface area (Å²) in [5.74, 6) is -1.11. The maximum atomic E-state index is 14.3. The lowest BCUT2D eigenvalue weighted by Gasteiger charge is -2.40. The molecule has 3 aromatic rings. The number of nitrogens with zero attached hydrogens (tertiary/aromatic N) is 3. The number of nitrogen functional groups attached to an aromatic ring is 1. The van der Waals surface area contributed by atoms with Crippen LogP contribution in [0.25, 0.3) is 11.3 Å². The van der Waals surface area contributed by atoms with E-state index in [1.807, 2.05) is 6.92 Å². The number of para-hydroxylation sites is 1. The van der Waals surface area contributed by atoms with Gasteiger partial charge in [-0.3, -0.25) is 4.79 Å². The molecule has 2 unspecified atom stereocenters. The van der Waals surface area contributed by atoms with Gasteiger partial charge in [-0.15, -0.1) is 0 Å². The predicted molar refractivity (Wildman–Crippen MR) is 233 cm³/mol. The highest BCUT2D eigenvalue weighted by Gasteiger charge is 2.44. The van der Waals surface area contributed by atoms with Crippen LogP contribution in [0.5, 0.6) is 5.75 Å². The van der Waals surface area contributed by atoms with Crippen LogP contribution < -0.4 is 11.1 Å². The number of rotatable bonds is 21. The van der Waals surface area contributed by atoms with Crippen molar-refractivity contribution in [3.8, 4) is 17.0 Å². The van der Waals surface area contributed by atoms with Gasteiger partial charge in [-0.25, -0.2) is 23.2 Å². The van der Waals surface area contributed by atoms with Crippen LogP contribution in [0.15, 0.2) is 53.6 Å². The lowest BCUT2D eigenvalue weighted by atomic mass is 9.88. The molecule has 2 aromatic carbocycles. The van der Waals surface area contributed by atoms with Crippen molar-refractivity contribution in [2.45, 2.75) is 153 Å². The molecule has 4 N–H and O–H groups in total. The Morgan fingerprint density at radius 3 is 2.35 bits per heavy atom. The molecule has 0 bridgehead atoms. The standard InChI is InChI=1S/C45H67N5O9S/c1-9-10-26-56-27-15-12-11-14-25-45(7,58-37-20-13-16-28-57-37)31-44(5,6)60(54,55)34-23-21-32(22-24-34)36-29-47-40(46)38(48-36)41(52)49-35-19-17-18-33(39(35)51)30-50(8)42(53)59-43(2,3)4/h17-19,21-24,29,37,51H,9-16,20,25-28,30-31H2,1-8H3,(H2,46,47)(H,49,52). The largest absolute Gasteiger partial charge is 0.505 e. The average molecular weight is 854 g/mol. The summed E-state index contributed by atoms with van der Waals surface area (Å²) >= 11 is 0. The smallest absolute Gasteiger partial charge is 0.410 e. The highest BCUT2D eigenvalue weighted by molar-refractivity contribution is 7.92. The van der Waals surface area contributed by atoms with Gasteiger partial charge in [0.05, 0.1) is 39.4 Å². The summed E-state index contributed by atoms with van der Waals surface area (Å²) in [5.41, 5.74) is 5.73. The molecule has 2 heterocycles. The first-order valence-corrected chi connectivity index (χ1v) is 22.6. The van der Waals surface area contributed by atoms with Crippen LogP contribution in [-0.2, 0) is 35.3 Å². The van der Waals surface area contributed by atoms with E-state index >= 15 is 0 Å². The Kier molecular flexibility index (Phi) is 17.3. The second kappa shape index (κ2) is 21.5. The van der Waals surface area contributed by atoms with Gasteiger partial charge in [-0.1, -0.05) is 56.9 Å². The van der Waals surface area contributed by atoms with Crippen LogP contribution in [0, 0.1) is 0 Å². The Hall–Kier alpha value is -4.31. The number of nitrogens with one attached hydrogen (secondary N) is 1.